The molecule has 2 fully saturated rings. The molecule has 0 spiro atoms. The van der Waals surface area contributed by atoms with Crippen LogP contribution in [0.15, 0.2) is 24.3 Å². The Bertz CT molecular complexity index is 558. The van der Waals surface area contributed by atoms with Crippen molar-refractivity contribution in [2.24, 2.45) is 0 Å². The van der Waals surface area contributed by atoms with E-state index in [1.54, 1.807) is 0 Å². The number of nitrogens with zero attached hydrogens (tertiary/aromatic N) is 1. The zero-order valence-corrected chi connectivity index (χ0v) is 11.1. The van der Waals surface area contributed by atoms with E-state index in [9.17, 15) is 18.4 Å². The molecule has 1 aromatic carbocycles. The maximum atomic E-state index is 12.1. The standard InChI is InChI=1S/C14H14F2N2O3/c15-14(16)21-10-5-1-8(2-6-10)17-11-7-12(19)18(13(11)20)9-3-4-9/h1-2,5-6,9,11,14,17H,3-4,7H2/t11-/m0/s1. The molecule has 1 saturated heterocycles. The van der Waals surface area contributed by atoms with E-state index in [4.69, 9.17) is 0 Å². The number of likely N-dealkylation sites (tertiary alicyclic amines) is 1. The van der Waals surface area contributed by atoms with Crippen molar-refractivity contribution in [3.8, 4) is 5.75 Å². The van der Waals surface area contributed by atoms with Crippen LogP contribution >= 0.6 is 0 Å². The quantitative estimate of drug-likeness (QED) is 0.844. The largest absolute Gasteiger partial charge is 0.435 e. The van der Waals surface area contributed by atoms with Crippen molar-refractivity contribution in [1.29, 1.82) is 0 Å². The van der Waals surface area contributed by atoms with E-state index >= 15 is 0 Å². The minimum Gasteiger partial charge on any atom is -0.435 e. The van der Waals surface area contributed by atoms with Gasteiger partial charge in [0, 0.05) is 11.7 Å². The van der Waals surface area contributed by atoms with Gasteiger partial charge >= 0.3 is 6.61 Å². The third kappa shape index (κ3) is 2.96. The maximum Gasteiger partial charge on any atom is 0.387 e. The highest BCUT2D eigenvalue weighted by Gasteiger charge is 2.46. The number of rotatable bonds is 5. The molecule has 3 rings (SSSR count). The Morgan fingerprint density at radius 2 is 1.86 bits per heavy atom. The van der Waals surface area contributed by atoms with Crippen molar-refractivity contribution in [3.05, 3.63) is 24.3 Å². The van der Waals surface area contributed by atoms with Crippen LogP contribution in [0, 0.1) is 0 Å². The number of hydrogen-bond acceptors (Lipinski definition) is 4. The average molecular weight is 296 g/mol. The second-order valence-electron chi connectivity index (χ2n) is 5.14. The Morgan fingerprint density at radius 1 is 1.19 bits per heavy atom. The van der Waals surface area contributed by atoms with Gasteiger partial charge in [-0.25, -0.2) is 0 Å². The molecular formula is C14H14F2N2O3. The Labute approximate surface area is 119 Å². The van der Waals surface area contributed by atoms with E-state index in [1.807, 2.05) is 0 Å². The first-order chi connectivity index (χ1) is 10.0. The summed E-state index contributed by atoms with van der Waals surface area (Å²) >= 11 is 0. The molecule has 1 aliphatic carbocycles. The highest BCUT2D eigenvalue weighted by Crippen LogP contribution is 2.32. The van der Waals surface area contributed by atoms with Crippen molar-refractivity contribution in [1.82, 2.24) is 4.90 Å². The molecule has 5 nitrogen and oxygen atoms in total. The Morgan fingerprint density at radius 3 is 2.43 bits per heavy atom. The summed E-state index contributed by atoms with van der Waals surface area (Å²) in [6.07, 6.45) is 1.89. The van der Waals surface area contributed by atoms with Gasteiger partial charge in [0.1, 0.15) is 11.8 Å². The Kier molecular flexibility index (Phi) is 3.48. The van der Waals surface area contributed by atoms with Gasteiger partial charge in [-0.3, -0.25) is 14.5 Å². The van der Waals surface area contributed by atoms with Gasteiger partial charge < -0.3 is 10.1 Å². The number of imide groups is 1. The number of anilines is 1. The van der Waals surface area contributed by atoms with Crippen LogP contribution in [0.5, 0.6) is 5.75 Å². The minimum atomic E-state index is -2.87. The number of halogens is 2. The van der Waals surface area contributed by atoms with Crippen molar-refractivity contribution in [2.75, 3.05) is 5.32 Å². The Hall–Kier alpha value is -2.18. The van der Waals surface area contributed by atoms with Crippen molar-refractivity contribution < 1.29 is 23.1 Å². The van der Waals surface area contributed by atoms with E-state index in [0.29, 0.717) is 5.69 Å². The van der Waals surface area contributed by atoms with Crippen LogP contribution in [-0.4, -0.2) is 35.4 Å². The number of alkyl halides is 2. The van der Waals surface area contributed by atoms with Crippen LogP contribution < -0.4 is 10.1 Å². The summed E-state index contributed by atoms with van der Waals surface area (Å²) in [5.74, 6) is -0.322. The van der Waals surface area contributed by atoms with Crippen LogP contribution in [0.4, 0.5) is 14.5 Å². The van der Waals surface area contributed by atoms with Gasteiger partial charge in [-0.1, -0.05) is 0 Å². The Balaban J connectivity index is 1.64. The molecule has 1 saturated carbocycles. The summed E-state index contributed by atoms with van der Waals surface area (Å²) < 4.78 is 28.3. The normalized spacial score (nSPS) is 22.0. The molecule has 0 aromatic heterocycles. The van der Waals surface area contributed by atoms with E-state index < -0.39 is 12.7 Å². The summed E-state index contributed by atoms with van der Waals surface area (Å²) in [4.78, 5) is 25.3. The van der Waals surface area contributed by atoms with E-state index in [1.165, 1.54) is 29.2 Å². The van der Waals surface area contributed by atoms with Gasteiger partial charge in [-0.15, -0.1) is 0 Å². The van der Waals surface area contributed by atoms with Gasteiger partial charge in [-0.05, 0) is 37.1 Å². The first kappa shape index (κ1) is 13.8. The second-order valence-corrected chi connectivity index (χ2v) is 5.14. The summed E-state index contributed by atoms with van der Waals surface area (Å²) in [6.45, 7) is -2.87. The number of amides is 2. The average Bonchev–Trinajstić information content (AvgIpc) is 3.20. The number of nitrogens with one attached hydrogen (secondary N) is 1. The van der Waals surface area contributed by atoms with Crippen molar-refractivity contribution >= 4 is 17.5 Å². The van der Waals surface area contributed by atoms with Gasteiger partial charge in [0.25, 0.3) is 5.91 Å². The summed E-state index contributed by atoms with van der Waals surface area (Å²) in [5.41, 5.74) is 0.584. The SMILES string of the molecule is O=C1C[C@H](Nc2ccc(OC(F)F)cc2)C(=O)N1C1CC1. The molecule has 1 N–H and O–H groups in total. The molecule has 1 aromatic rings. The number of benzene rings is 1. The molecule has 1 aliphatic heterocycles. The highest BCUT2D eigenvalue weighted by atomic mass is 19.3. The van der Waals surface area contributed by atoms with Gasteiger partial charge in [0.2, 0.25) is 5.91 Å². The summed E-state index contributed by atoms with van der Waals surface area (Å²) in [7, 11) is 0. The lowest BCUT2D eigenvalue weighted by atomic mass is 10.2. The first-order valence-electron chi connectivity index (χ1n) is 6.72. The zero-order chi connectivity index (χ0) is 15.0. The molecule has 0 bridgehead atoms. The van der Waals surface area contributed by atoms with Crippen LogP contribution in [0.1, 0.15) is 19.3 Å². The van der Waals surface area contributed by atoms with Crippen molar-refractivity contribution in [3.63, 3.8) is 0 Å². The van der Waals surface area contributed by atoms with Gasteiger partial charge in [0.15, 0.2) is 0 Å². The van der Waals surface area contributed by atoms with E-state index in [2.05, 4.69) is 10.1 Å². The first-order valence-corrected chi connectivity index (χ1v) is 6.72. The molecule has 1 heterocycles. The topological polar surface area (TPSA) is 58.6 Å². The summed E-state index contributed by atoms with van der Waals surface area (Å²) in [5, 5.41) is 2.96. The van der Waals surface area contributed by atoms with Gasteiger partial charge in [0.05, 0.1) is 6.42 Å². The molecule has 0 unspecified atom stereocenters. The second kappa shape index (κ2) is 5.31. The smallest absolute Gasteiger partial charge is 0.387 e. The molecule has 112 valence electrons. The molecule has 0 radical (unpaired) electrons. The number of hydrogen-bond donors (Lipinski definition) is 1. The predicted molar refractivity (Wildman–Crippen MR) is 70.0 cm³/mol. The lowest BCUT2D eigenvalue weighted by Gasteiger charge is -2.15. The van der Waals surface area contributed by atoms with Crippen LogP contribution in [-0.2, 0) is 9.59 Å². The number of carbonyl (C=O) groups excluding carboxylic acids is 2. The molecule has 21 heavy (non-hydrogen) atoms. The zero-order valence-electron chi connectivity index (χ0n) is 11.1. The van der Waals surface area contributed by atoms with Crippen LogP contribution in [0.2, 0.25) is 0 Å². The monoisotopic (exact) mass is 296 g/mol. The predicted octanol–water partition coefficient (Wildman–Crippen LogP) is 1.99. The lowest BCUT2D eigenvalue weighted by molar-refractivity contribution is -0.139. The molecular weight excluding hydrogens is 282 g/mol. The van der Waals surface area contributed by atoms with Crippen LogP contribution in [0.3, 0.4) is 0 Å². The molecule has 7 heteroatoms. The maximum absolute atomic E-state index is 12.1. The third-order valence-electron chi connectivity index (χ3n) is 3.52. The third-order valence-corrected chi connectivity index (χ3v) is 3.52. The fourth-order valence-electron chi connectivity index (χ4n) is 2.41. The van der Waals surface area contributed by atoms with Gasteiger partial charge in [-0.2, -0.15) is 8.78 Å². The fraction of sp³-hybridized carbons (Fsp3) is 0.429. The van der Waals surface area contributed by atoms with E-state index in [0.717, 1.165) is 12.8 Å². The minimum absolute atomic E-state index is 0.0454. The van der Waals surface area contributed by atoms with Crippen molar-refractivity contribution in [2.45, 2.75) is 38.0 Å². The highest BCUT2D eigenvalue weighted by molar-refractivity contribution is 6.07. The number of carbonyl (C=O) groups is 2. The summed E-state index contributed by atoms with van der Waals surface area (Å²) in [6, 6.07) is 5.33. The fourth-order valence-corrected chi connectivity index (χ4v) is 2.41. The molecule has 2 amide bonds. The molecule has 2 aliphatic rings. The van der Waals surface area contributed by atoms with E-state index in [-0.39, 0.29) is 30.0 Å². The van der Waals surface area contributed by atoms with Crippen LogP contribution in [0.25, 0.3) is 0 Å². The molecule has 1 atom stereocenters. The number of ether oxygens (including phenoxy) is 1. The lowest BCUT2D eigenvalue weighted by Crippen LogP contribution is -2.36.